The van der Waals surface area contributed by atoms with Crippen molar-refractivity contribution < 1.29 is 20.1 Å². The van der Waals surface area contributed by atoms with Gasteiger partial charge in [-0.1, -0.05) is 0 Å². The van der Waals surface area contributed by atoms with Crippen molar-refractivity contribution in [2.45, 2.75) is 5.79 Å². The first kappa shape index (κ1) is 6.55. The van der Waals surface area contributed by atoms with E-state index >= 15 is 0 Å². The second-order valence-corrected chi connectivity index (χ2v) is 1.15. The van der Waals surface area contributed by atoms with E-state index in [1.165, 1.54) is 0 Å². The molecule has 4 nitrogen and oxygen atoms in total. The minimum Gasteiger partial charge on any atom is -0.390 e. The van der Waals surface area contributed by atoms with E-state index in [-0.39, 0.29) is 6.29 Å². The smallest absolute Gasteiger partial charge is 0.244 e. The minimum atomic E-state index is -2.54. The molecule has 0 unspecified atom stereocenters. The Morgan fingerprint density at radius 3 is 2.00 bits per heavy atom. The molecule has 0 amide bonds. The lowest BCUT2D eigenvalue weighted by Gasteiger charge is -2.07. The monoisotopic (exact) mass is 106 g/mol. The largest absolute Gasteiger partial charge is 0.390 e. The molecule has 0 rings (SSSR count). The highest BCUT2D eigenvalue weighted by Crippen LogP contribution is 1.87. The van der Waals surface area contributed by atoms with Gasteiger partial charge in [0, 0.05) is 0 Å². The third kappa shape index (κ3) is 2.27. The van der Waals surface area contributed by atoms with Crippen LogP contribution in [0.2, 0.25) is 0 Å². The zero-order valence-electron chi connectivity index (χ0n) is 3.53. The van der Waals surface area contributed by atoms with Crippen molar-refractivity contribution in [2.75, 3.05) is 6.61 Å². The molecule has 0 heterocycles. The second kappa shape index (κ2) is 2.02. The lowest BCUT2D eigenvalue weighted by Crippen LogP contribution is -2.34. The van der Waals surface area contributed by atoms with Crippen LogP contribution in [0, 0.1) is 0 Å². The van der Waals surface area contributed by atoms with Gasteiger partial charge in [0.2, 0.25) is 5.79 Å². The van der Waals surface area contributed by atoms with E-state index in [0.29, 0.717) is 0 Å². The summed E-state index contributed by atoms with van der Waals surface area (Å²) in [4.78, 5) is 9.40. The third-order valence-electron chi connectivity index (χ3n) is 0.421. The normalized spacial score (nSPS) is 11.3. The molecule has 7 heavy (non-hydrogen) atoms. The maximum absolute atomic E-state index is 9.40. The molecule has 0 aromatic heterocycles. The first-order valence-corrected chi connectivity index (χ1v) is 1.64. The van der Waals surface area contributed by atoms with Crippen LogP contribution in [0.25, 0.3) is 0 Å². The van der Waals surface area contributed by atoms with E-state index in [1.54, 1.807) is 0 Å². The molecule has 0 fully saturated rings. The van der Waals surface area contributed by atoms with E-state index in [9.17, 15) is 4.79 Å². The van der Waals surface area contributed by atoms with Crippen molar-refractivity contribution in [3.8, 4) is 0 Å². The van der Waals surface area contributed by atoms with Crippen LogP contribution in [0.1, 0.15) is 0 Å². The minimum absolute atomic E-state index is 0.146. The number of aliphatic hydroxyl groups excluding tert-OH is 1. The zero-order valence-corrected chi connectivity index (χ0v) is 3.53. The average molecular weight is 106 g/mol. The molecule has 3 N–H and O–H groups in total. The fourth-order valence-electron chi connectivity index (χ4n) is 0.0373. The van der Waals surface area contributed by atoms with Gasteiger partial charge in [0.25, 0.3) is 0 Å². The van der Waals surface area contributed by atoms with Crippen molar-refractivity contribution >= 4 is 6.29 Å². The summed E-state index contributed by atoms with van der Waals surface area (Å²) in [6.45, 7) is -0.962. The number of carbonyl (C=O) groups is 1. The molecular formula is C3H6O4. The van der Waals surface area contributed by atoms with Crippen molar-refractivity contribution in [3.63, 3.8) is 0 Å². The van der Waals surface area contributed by atoms with Gasteiger partial charge in [-0.3, -0.25) is 4.79 Å². The standard InChI is InChI=1S/C3H6O4/c4-1-3(6,7)2-5/h1,5-7H,2H2. The summed E-state index contributed by atoms with van der Waals surface area (Å²) in [6.07, 6.45) is -0.146. The van der Waals surface area contributed by atoms with Gasteiger partial charge in [0.05, 0.1) is 0 Å². The second-order valence-electron chi connectivity index (χ2n) is 1.15. The van der Waals surface area contributed by atoms with Gasteiger partial charge in [-0.25, -0.2) is 0 Å². The van der Waals surface area contributed by atoms with Gasteiger partial charge in [-0.15, -0.1) is 0 Å². The van der Waals surface area contributed by atoms with Crippen LogP contribution in [0.4, 0.5) is 0 Å². The summed E-state index contributed by atoms with van der Waals surface area (Å²) < 4.78 is 0. The van der Waals surface area contributed by atoms with Gasteiger partial charge >= 0.3 is 0 Å². The van der Waals surface area contributed by atoms with E-state index in [2.05, 4.69) is 0 Å². The molecule has 4 heteroatoms. The van der Waals surface area contributed by atoms with Gasteiger partial charge in [0.1, 0.15) is 6.61 Å². The molecular weight excluding hydrogens is 100 g/mol. The van der Waals surface area contributed by atoms with E-state index in [1.807, 2.05) is 0 Å². The number of hydrogen-bond acceptors (Lipinski definition) is 4. The van der Waals surface area contributed by atoms with Crippen LogP contribution in [-0.2, 0) is 4.79 Å². The fourth-order valence-corrected chi connectivity index (χ4v) is 0.0373. The predicted molar refractivity (Wildman–Crippen MR) is 20.3 cm³/mol. The Bertz CT molecular complexity index is 67.3. The molecule has 0 saturated carbocycles. The van der Waals surface area contributed by atoms with Gasteiger partial charge < -0.3 is 15.3 Å². The molecule has 0 radical (unpaired) electrons. The van der Waals surface area contributed by atoms with Crippen LogP contribution in [0.3, 0.4) is 0 Å². The Morgan fingerprint density at radius 2 is 2.00 bits per heavy atom. The highest BCUT2D eigenvalue weighted by atomic mass is 16.5. The molecule has 0 aliphatic rings. The van der Waals surface area contributed by atoms with E-state index < -0.39 is 12.4 Å². The van der Waals surface area contributed by atoms with Gasteiger partial charge in [-0.2, -0.15) is 0 Å². The Labute approximate surface area is 40.0 Å². The highest BCUT2D eigenvalue weighted by molar-refractivity contribution is 5.58. The van der Waals surface area contributed by atoms with Crippen LogP contribution in [-0.4, -0.2) is 34.0 Å². The molecule has 0 aromatic carbocycles. The summed E-state index contributed by atoms with van der Waals surface area (Å²) in [5.74, 6) is -2.54. The maximum Gasteiger partial charge on any atom is 0.244 e. The van der Waals surface area contributed by atoms with Crippen LogP contribution in [0.5, 0.6) is 0 Å². The topological polar surface area (TPSA) is 77.8 Å². The van der Waals surface area contributed by atoms with Crippen molar-refractivity contribution in [1.82, 2.24) is 0 Å². The van der Waals surface area contributed by atoms with Crippen molar-refractivity contribution in [3.05, 3.63) is 0 Å². The van der Waals surface area contributed by atoms with Crippen LogP contribution < -0.4 is 0 Å². The summed E-state index contributed by atoms with van der Waals surface area (Å²) in [5.41, 5.74) is 0. The van der Waals surface area contributed by atoms with Crippen molar-refractivity contribution in [1.29, 1.82) is 0 Å². The number of aldehydes is 1. The Balaban J connectivity index is 3.58. The molecule has 0 aliphatic carbocycles. The quantitative estimate of drug-likeness (QED) is 0.277. The predicted octanol–water partition coefficient (Wildman–Crippen LogP) is -2.14. The first-order valence-electron chi connectivity index (χ1n) is 1.64. The number of hydrogen-bond donors (Lipinski definition) is 3. The van der Waals surface area contributed by atoms with Crippen LogP contribution >= 0.6 is 0 Å². The fraction of sp³-hybridized carbons (Fsp3) is 0.667. The molecule has 0 saturated heterocycles. The molecule has 0 bridgehead atoms. The maximum atomic E-state index is 9.40. The number of aliphatic hydroxyl groups is 3. The molecule has 0 aliphatic heterocycles. The molecule has 42 valence electrons. The van der Waals surface area contributed by atoms with Gasteiger partial charge in [0.15, 0.2) is 6.29 Å². The molecule has 0 aromatic rings. The van der Waals surface area contributed by atoms with Crippen LogP contribution in [0.15, 0.2) is 0 Å². The van der Waals surface area contributed by atoms with Gasteiger partial charge in [-0.05, 0) is 0 Å². The zero-order chi connectivity index (χ0) is 5.91. The first-order chi connectivity index (χ1) is 3.12. The summed E-state index contributed by atoms with van der Waals surface area (Å²) in [6, 6.07) is 0. The Morgan fingerprint density at radius 1 is 1.57 bits per heavy atom. The lowest BCUT2D eigenvalue weighted by molar-refractivity contribution is -0.182. The molecule has 0 atom stereocenters. The number of rotatable bonds is 2. The van der Waals surface area contributed by atoms with E-state index in [0.717, 1.165) is 0 Å². The number of carbonyl (C=O) groups excluding carboxylic acids is 1. The third-order valence-corrected chi connectivity index (χ3v) is 0.421. The summed E-state index contributed by atoms with van der Waals surface area (Å²) in [5, 5.41) is 24.0. The average Bonchev–Trinajstić information content (AvgIpc) is 1.68. The highest BCUT2D eigenvalue weighted by Gasteiger charge is 2.18. The SMILES string of the molecule is O=CC(O)(O)CO. The Hall–Kier alpha value is -0.450. The summed E-state index contributed by atoms with van der Waals surface area (Å²) >= 11 is 0. The van der Waals surface area contributed by atoms with E-state index in [4.69, 9.17) is 15.3 Å². The van der Waals surface area contributed by atoms with Crippen molar-refractivity contribution in [2.24, 2.45) is 0 Å². The lowest BCUT2D eigenvalue weighted by atomic mass is 10.3. The molecule has 0 spiro atoms. The Kier molecular flexibility index (Phi) is 1.89. The summed E-state index contributed by atoms with van der Waals surface area (Å²) in [7, 11) is 0.